The maximum atomic E-state index is 12.3. The lowest BCUT2D eigenvalue weighted by Crippen LogP contribution is -2.49. The molecule has 1 aliphatic carbocycles. The zero-order chi connectivity index (χ0) is 23.1. The van der Waals surface area contributed by atoms with E-state index >= 15 is 0 Å². The van der Waals surface area contributed by atoms with Crippen LogP contribution in [0, 0.1) is 0 Å². The number of carbonyl (C=O) groups excluding carboxylic acids is 1. The molecule has 1 aromatic heterocycles. The van der Waals surface area contributed by atoms with Crippen LogP contribution in [0.1, 0.15) is 62.4 Å². The number of carboxylic acids is 1. The summed E-state index contributed by atoms with van der Waals surface area (Å²) in [5.41, 5.74) is 0.575. The van der Waals surface area contributed by atoms with Crippen LogP contribution in [-0.2, 0) is 11.3 Å². The van der Waals surface area contributed by atoms with Crippen LogP contribution in [0.3, 0.4) is 0 Å². The second-order valence-corrected chi connectivity index (χ2v) is 9.02. The number of benzene rings is 1. The molecule has 2 unspecified atom stereocenters. The number of aromatic nitrogens is 1. The fourth-order valence-corrected chi connectivity index (χ4v) is 3.75. The highest BCUT2D eigenvalue weighted by atomic mass is 16.6. The van der Waals surface area contributed by atoms with Crippen molar-refractivity contribution in [2.45, 2.75) is 70.7 Å². The summed E-state index contributed by atoms with van der Waals surface area (Å²) in [6.07, 6.45) is 3.33. The normalized spacial score (nSPS) is 18.5. The number of ether oxygens (including phenoxy) is 1. The Hall–Kier alpha value is -3.29. The van der Waals surface area contributed by atoms with Gasteiger partial charge in [-0.25, -0.2) is 14.6 Å². The first-order chi connectivity index (χ1) is 15.2. The van der Waals surface area contributed by atoms with E-state index in [-0.39, 0.29) is 17.6 Å². The average molecular weight is 441 g/mol. The first-order valence-corrected chi connectivity index (χ1v) is 11.0. The fraction of sp³-hybridized carbons (Fsp3) is 0.458. The lowest BCUT2D eigenvalue weighted by atomic mass is 9.90. The van der Waals surface area contributed by atoms with E-state index in [1.807, 2.05) is 51.1 Å². The number of amides is 1. The highest BCUT2D eigenvalue weighted by Crippen LogP contribution is 2.24. The standard InChI is InChI=1S/C24H32N4O4/c1-24(2,3)32-23(31)27-19-12-8-7-11-18(19)26-20-14-13-17(22(29)30)21(28-20)25-15-16-9-5-4-6-10-16/h4-6,9-10,13-14,18-19H,7-8,11-12,15H2,1-3H3,(H,27,31)(H,29,30)(H2,25,26,28). The van der Waals surface area contributed by atoms with Gasteiger partial charge in [-0.1, -0.05) is 43.2 Å². The second kappa shape index (κ2) is 10.3. The van der Waals surface area contributed by atoms with Gasteiger partial charge in [-0.3, -0.25) is 0 Å². The molecule has 8 nitrogen and oxygen atoms in total. The maximum absolute atomic E-state index is 12.3. The van der Waals surface area contributed by atoms with Crippen LogP contribution in [-0.4, -0.2) is 39.8 Å². The molecule has 4 N–H and O–H groups in total. The van der Waals surface area contributed by atoms with E-state index in [1.54, 1.807) is 12.1 Å². The quantitative estimate of drug-likeness (QED) is 0.496. The van der Waals surface area contributed by atoms with Crippen LogP contribution in [0.2, 0.25) is 0 Å². The third-order valence-electron chi connectivity index (χ3n) is 5.23. The van der Waals surface area contributed by atoms with E-state index < -0.39 is 17.7 Å². The van der Waals surface area contributed by atoms with Crippen molar-refractivity contribution < 1.29 is 19.4 Å². The first kappa shape index (κ1) is 23.4. The molecule has 1 aromatic carbocycles. The van der Waals surface area contributed by atoms with Crippen molar-refractivity contribution in [3.05, 3.63) is 53.6 Å². The van der Waals surface area contributed by atoms with E-state index in [9.17, 15) is 14.7 Å². The van der Waals surface area contributed by atoms with Gasteiger partial charge in [-0.2, -0.15) is 0 Å². The Morgan fingerprint density at radius 3 is 2.41 bits per heavy atom. The Morgan fingerprint density at radius 1 is 1.06 bits per heavy atom. The average Bonchev–Trinajstić information content (AvgIpc) is 2.73. The molecular weight excluding hydrogens is 408 g/mol. The van der Waals surface area contributed by atoms with Crippen LogP contribution in [0.15, 0.2) is 42.5 Å². The number of rotatable bonds is 7. The molecule has 0 spiro atoms. The monoisotopic (exact) mass is 440 g/mol. The SMILES string of the molecule is CC(C)(C)OC(=O)NC1CCCCC1Nc1ccc(C(=O)O)c(NCc2ccccc2)n1. The molecular formula is C24H32N4O4. The number of carbonyl (C=O) groups is 2. The lowest BCUT2D eigenvalue weighted by molar-refractivity contribution is 0.0488. The molecule has 1 saturated carbocycles. The van der Waals surface area contributed by atoms with Crippen molar-refractivity contribution in [2.75, 3.05) is 10.6 Å². The summed E-state index contributed by atoms with van der Waals surface area (Å²) in [7, 11) is 0. The van der Waals surface area contributed by atoms with E-state index in [2.05, 4.69) is 20.9 Å². The second-order valence-electron chi connectivity index (χ2n) is 9.02. The van der Waals surface area contributed by atoms with Crippen LogP contribution < -0.4 is 16.0 Å². The third kappa shape index (κ3) is 6.87. The molecule has 0 bridgehead atoms. The highest BCUT2D eigenvalue weighted by molar-refractivity contribution is 5.93. The van der Waals surface area contributed by atoms with Crippen molar-refractivity contribution in [2.24, 2.45) is 0 Å². The number of alkyl carbamates (subject to hydrolysis) is 1. The number of carboxylic acid groups (broad SMARTS) is 1. The number of hydrogen-bond acceptors (Lipinski definition) is 6. The number of hydrogen-bond donors (Lipinski definition) is 4. The van der Waals surface area contributed by atoms with Crippen LogP contribution >= 0.6 is 0 Å². The van der Waals surface area contributed by atoms with Gasteiger partial charge in [-0.15, -0.1) is 0 Å². The van der Waals surface area contributed by atoms with Gasteiger partial charge in [0.15, 0.2) is 0 Å². The molecule has 172 valence electrons. The highest BCUT2D eigenvalue weighted by Gasteiger charge is 2.29. The minimum atomic E-state index is -1.04. The lowest BCUT2D eigenvalue weighted by Gasteiger charge is -2.33. The molecule has 32 heavy (non-hydrogen) atoms. The van der Waals surface area contributed by atoms with E-state index in [4.69, 9.17) is 4.74 Å². The zero-order valence-electron chi connectivity index (χ0n) is 18.9. The molecule has 1 fully saturated rings. The molecule has 0 saturated heterocycles. The largest absolute Gasteiger partial charge is 0.478 e. The molecule has 2 aromatic rings. The van der Waals surface area contributed by atoms with Crippen molar-refractivity contribution in [1.29, 1.82) is 0 Å². The molecule has 8 heteroatoms. The van der Waals surface area contributed by atoms with Gasteiger partial charge in [0.2, 0.25) is 0 Å². The summed E-state index contributed by atoms with van der Waals surface area (Å²) in [6.45, 7) is 5.97. The minimum absolute atomic E-state index is 0.0265. The minimum Gasteiger partial charge on any atom is -0.478 e. The van der Waals surface area contributed by atoms with Crippen molar-refractivity contribution in [1.82, 2.24) is 10.3 Å². The molecule has 0 aliphatic heterocycles. The summed E-state index contributed by atoms with van der Waals surface area (Å²) in [4.78, 5) is 28.5. The molecule has 1 heterocycles. The predicted molar refractivity (Wildman–Crippen MR) is 124 cm³/mol. The molecule has 1 amide bonds. The number of pyridine rings is 1. The van der Waals surface area contributed by atoms with Crippen molar-refractivity contribution >= 4 is 23.7 Å². The molecule has 3 rings (SSSR count). The summed E-state index contributed by atoms with van der Waals surface area (Å²) >= 11 is 0. The van der Waals surface area contributed by atoms with Gasteiger partial charge < -0.3 is 25.8 Å². The fourth-order valence-electron chi connectivity index (χ4n) is 3.75. The Labute approximate surface area is 188 Å². The molecule has 1 aliphatic rings. The number of aromatic carboxylic acids is 1. The first-order valence-electron chi connectivity index (χ1n) is 11.0. The zero-order valence-corrected chi connectivity index (χ0v) is 18.9. The van der Waals surface area contributed by atoms with Gasteiger partial charge in [0.1, 0.15) is 22.8 Å². The van der Waals surface area contributed by atoms with E-state index in [0.29, 0.717) is 18.2 Å². The smallest absolute Gasteiger partial charge is 0.407 e. The van der Waals surface area contributed by atoms with Gasteiger partial charge in [0.25, 0.3) is 0 Å². The summed E-state index contributed by atoms with van der Waals surface area (Å²) in [5.74, 6) is -0.172. The Kier molecular flexibility index (Phi) is 7.56. The number of nitrogens with zero attached hydrogens (tertiary/aromatic N) is 1. The van der Waals surface area contributed by atoms with Crippen molar-refractivity contribution in [3.63, 3.8) is 0 Å². The Bertz CT molecular complexity index is 927. The van der Waals surface area contributed by atoms with Gasteiger partial charge >= 0.3 is 12.1 Å². The van der Waals surface area contributed by atoms with Crippen LogP contribution in [0.5, 0.6) is 0 Å². The van der Waals surface area contributed by atoms with E-state index in [0.717, 1.165) is 31.2 Å². The van der Waals surface area contributed by atoms with Crippen LogP contribution in [0.4, 0.5) is 16.4 Å². The Balaban J connectivity index is 1.71. The number of nitrogens with one attached hydrogen (secondary N) is 3. The molecule has 2 atom stereocenters. The van der Waals surface area contributed by atoms with Crippen molar-refractivity contribution in [3.8, 4) is 0 Å². The van der Waals surface area contributed by atoms with Gasteiger partial charge in [0.05, 0.1) is 6.04 Å². The third-order valence-corrected chi connectivity index (χ3v) is 5.23. The summed E-state index contributed by atoms with van der Waals surface area (Å²) in [6, 6.07) is 12.8. The molecule has 0 radical (unpaired) electrons. The predicted octanol–water partition coefficient (Wildman–Crippen LogP) is 4.64. The summed E-state index contributed by atoms with van der Waals surface area (Å²) in [5, 5.41) is 19.0. The Morgan fingerprint density at radius 2 is 1.75 bits per heavy atom. The van der Waals surface area contributed by atoms with E-state index in [1.165, 1.54) is 0 Å². The summed E-state index contributed by atoms with van der Waals surface area (Å²) < 4.78 is 5.41. The van der Waals surface area contributed by atoms with Crippen LogP contribution in [0.25, 0.3) is 0 Å². The topological polar surface area (TPSA) is 113 Å². The van der Waals surface area contributed by atoms with Gasteiger partial charge in [0, 0.05) is 12.6 Å². The number of anilines is 2. The maximum Gasteiger partial charge on any atom is 0.407 e. The van der Waals surface area contributed by atoms with Gasteiger partial charge in [-0.05, 0) is 51.3 Å².